The number of fused-ring (bicyclic) bond motifs is 2. The number of anilines is 1. The molecule has 0 saturated heterocycles. The molecule has 2 heterocycles. The van der Waals surface area contributed by atoms with Gasteiger partial charge < -0.3 is 19.4 Å². The minimum Gasteiger partial charge on any atom is -0.468 e. The van der Waals surface area contributed by atoms with E-state index in [0.29, 0.717) is 25.9 Å². The van der Waals surface area contributed by atoms with Crippen LogP contribution in [0.3, 0.4) is 0 Å². The number of rotatable bonds is 9. The average Bonchev–Trinajstić information content (AvgIpc) is 3.40. The molecule has 0 aliphatic heterocycles. The number of methoxy groups -OCH3 is 1. The van der Waals surface area contributed by atoms with Gasteiger partial charge in [0.2, 0.25) is 5.91 Å². The minimum atomic E-state index is -0.475. The van der Waals surface area contributed by atoms with Crippen LogP contribution in [0.4, 0.5) is 5.00 Å². The van der Waals surface area contributed by atoms with Gasteiger partial charge in [-0.15, -0.1) is 23.1 Å². The summed E-state index contributed by atoms with van der Waals surface area (Å²) in [4.78, 5) is 55.4. The highest BCUT2D eigenvalue weighted by molar-refractivity contribution is 8.00. The Morgan fingerprint density at radius 2 is 1.95 bits per heavy atom. The molecule has 38 heavy (non-hydrogen) atoms. The van der Waals surface area contributed by atoms with Gasteiger partial charge in [0.1, 0.15) is 11.5 Å². The smallest absolute Gasteiger partial charge is 0.341 e. The third-order valence-electron chi connectivity index (χ3n) is 5.74. The van der Waals surface area contributed by atoms with E-state index in [1.807, 2.05) is 0 Å². The molecule has 0 spiro atoms. The first kappa shape index (κ1) is 28.3. The van der Waals surface area contributed by atoms with Crippen molar-refractivity contribution in [1.82, 2.24) is 4.57 Å². The van der Waals surface area contributed by atoms with E-state index in [-0.39, 0.29) is 30.6 Å². The molecule has 1 aromatic carbocycles. The molecule has 1 aliphatic rings. The van der Waals surface area contributed by atoms with E-state index in [1.165, 1.54) is 29.8 Å². The summed E-state index contributed by atoms with van der Waals surface area (Å²) in [6.45, 7) is 1.90. The van der Waals surface area contributed by atoms with Gasteiger partial charge in [0, 0.05) is 9.90 Å². The lowest BCUT2D eigenvalue weighted by Crippen LogP contribution is -2.23. The van der Waals surface area contributed by atoms with Crippen LogP contribution < -0.4 is 10.1 Å². The van der Waals surface area contributed by atoms with Gasteiger partial charge in [-0.2, -0.15) is 4.99 Å². The van der Waals surface area contributed by atoms with Gasteiger partial charge in [0.25, 0.3) is 5.91 Å². The van der Waals surface area contributed by atoms with E-state index in [2.05, 4.69) is 10.3 Å². The van der Waals surface area contributed by atoms with Crippen molar-refractivity contribution in [2.45, 2.75) is 39.2 Å². The van der Waals surface area contributed by atoms with Crippen molar-refractivity contribution in [2.24, 2.45) is 4.99 Å². The average molecular weight is 596 g/mol. The number of amides is 2. The number of esters is 2. The van der Waals surface area contributed by atoms with Gasteiger partial charge in [-0.1, -0.05) is 22.9 Å². The van der Waals surface area contributed by atoms with Gasteiger partial charge in [-0.25, -0.2) is 4.79 Å². The Kier molecular flexibility index (Phi) is 9.64. The maximum Gasteiger partial charge on any atom is 0.341 e. The molecule has 1 aliphatic carbocycles. The summed E-state index contributed by atoms with van der Waals surface area (Å²) in [5.41, 5.74) is 2.14. The lowest BCUT2D eigenvalue weighted by Gasteiger charge is -2.12. The summed E-state index contributed by atoms with van der Waals surface area (Å²) in [6, 6.07) is 5.19. The van der Waals surface area contributed by atoms with Crippen molar-refractivity contribution in [2.75, 3.05) is 30.5 Å². The first-order chi connectivity index (χ1) is 18.3. The van der Waals surface area contributed by atoms with Crippen LogP contribution in [0, 0.1) is 0 Å². The molecule has 0 radical (unpaired) electrons. The zero-order valence-electron chi connectivity index (χ0n) is 20.8. The van der Waals surface area contributed by atoms with Crippen LogP contribution in [-0.4, -0.2) is 53.5 Å². The molecular weight excluding hydrogens is 570 g/mol. The summed E-state index contributed by atoms with van der Waals surface area (Å²) in [5, 5.41) is 3.87. The van der Waals surface area contributed by atoms with E-state index >= 15 is 0 Å². The standard InChI is InChI=1S/C25H26ClN3O6S3/c1-3-35-24(33)22-15-6-4-5-7-17(15)37-23(22)27-19(30)12-36-13-20(31)28-25-29(11-21(32)34-2)16-9-8-14(26)10-18(16)38-25/h8-10H,3-7,11-13H2,1-2H3,(H,27,30). The number of nitrogens with zero attached hydrogens (tertiary/aromatic N) is 2. The van der Waals surface area contributed by atoms with Gasteiger partial charge in [0.05, 0.1) is 41.0 Å². The third-order valence-corrected chi connectivity index (χ3v) is 9.14. The molecule has 3 aromatic rings. The van der Waals surface area contributed by atoms with Gasteiger partial charge in [0.15, 0.2) is 4.80 Å². The number of aromatic nitrogens is 1. The molecule has 0 unspecified atom stereocenters. The Morgan fingerprint density at radius 3 is 2.71 bits per heavy atom. The summed E-state index contributed by atoms with van der Waals surface area (Å²) in [7, 11) is 1.29. The zero-order valence-corrected chi connectivity index (χ0v) is 24.0. The molecule has 202 valence electrons. The highest BCUT2D eigenvalue weighted by Gasteiger charge is 2.27. The van der Waals surface area contributed by atoms with E-state index in [9.17, 15) is 19.2 Å². The quantitative estimate of drug-likeness (QED) is 0.363. The highest BCUT2D eigenvalue weighted by Crippen LogP contribution is 2.38. The minimum absolute atomic E-state index is 0.0102. The maximum absolute atomic E-state index is 12.7. The Morgan fingerprint density at radius 1 is 1.16 bits per heavy atom. The molecule has 0 fully saturated rings. The molecule has 0 saturated carbocycles. The van der Waals surface area contributed by atoms with Gasteiger partial charge in [-0.3, -0.25) is 14.4 Å². The van der Waals surface area contributed by atoms with Crippen LogP contribution >= 0.6 is 46.0 Å². The predicted octanol–water partition coefficient (Wildman–Crippen LogP) is 4.45. The molecule has 2 amide bonds. The van der Waals surface area contributed by atoms with Gasteiger partial charge >= 0.3 is 11.9 Å². The number of thiophene rings is 1. The molecule has 2 aromatic heterocycles. The number of nitrogens with one attached hydrogen (secondary N) is 1. The van der Waals surface area contributed by atoms with E-state index in [1.54, 1.807) is 29.7 Å². The monoisotopic (exact) mass is 595 g/mol. The number of thiazole rings is 1. The third kappa shape index (κ3) is 6.66. The number of carbonyl (C=O) groups is 4. The Bertz CT molecular complexity index is 1460. The SMILES string of the molecule is CCOC(=O)c1c(NC(=O)CSCC(=O)N=c2sc3cc(Cl)ccc3n2CC(=O)OC)sc2c1CCCC2. The Hall–Kier alpha value is -2.67. The van der Waals surface area contributed by atoms with Gasteiger partial charge in [-0.05, 0) is 56.4 Å². The predicted molar refractivity (Wildman–Crippen MR) is 150 cm³/mol. The summed E-state index contributed by atoms with van der Waals surface area (Å²) in [6.07, 6.45) is 3.72. The number of ether oxygens (including phenoxy) is 2. The first-order valence-electron chi connectivity index (χ1n) is 11.9. The normalized spacial score (nSPS) is 13.3. The van der Waals surface area contributed by atoms with Crippen LogP contribution in [-0.2, 0) is 43.2 Å². The van der Waals surface area contributed by atoms with E-state index in [0.717, 1.165) is 52.6 Å². The Labute approximate surface area is 236 Å². The van der Waals surface area contributed by atoms with E-state index < -0.39 is 17.8 Å². The number of carbonyl (C=O) groups excluding carboxylic acids is 4. The van der Waals surface area contributed by atoms with Crippen LogP contribution in [0.15, 0.2) is 23.2 Å². The van der Waals surface area contributed by atoms with Crippen molar-refractivity contribution in [3.8, 4) is 0 Å². The fraction of sp³-hybridized carbons (Fsp3) is 0.400. The van der Waals surface area contributed by atoms with Crippen LogP contribution in [0.2, 0.25) is 5.02 Å². The number of hydrogen-bond acceptors (Lipinski definition) is 9. The van der Waals surface area contributed by atoms with Crippen LogP contribution in [0.25, 0.3) is 10.2 Å². The van der Waals surface area contributed by atoms with Crippen molar-refractivity contribution in [3.63, 3.8) is 0 Å². The van der Waals surface area contributed by atoms with Crippen molar-refractivity contribution in [3.05, 3.63) is 44.0 Å². The maximum atomic E-state index is 12.7. The summed E-state index contributed by atoms with van der Waals surface area (Å²) in [5.74, 6) is -1.68. The molecule has 0 bridgehead atoms. The highest BCUT2D eigenvalue weighted by atomic mass is 35.5. The zero-order chi connectivity index (χ0) is 27.2. The molecule has 13 heteroatoms. The fourth-order valence-electron chi connectivity index (χ4n) is 4.08. The number of benzene rings is 1. The molecule has 0 atom stereocenters. The summed E-state index contributed by atoms with van der Waals surface area (Å²) < 4.78 is 12.4. The second-order valence-electron chi connectivity index (χ2n) is 8.34. The second-order valence-corrected chi connectivity index (χ2v) is 11.9. The molecule has 9 nitrogen and oxygen atoms in total. The van der Waals surface area contributed by atoms with Crippen molar-refractivity contribution >= 4 is 85.0 Å². The lowest BCUT2D eigenvalue weighted by atomic mass is 9.95. The Balaban J connectivity index is 1.43. The second kappa shape index (κ2) is 12.9. The van der Waals surface area contributed by atoms with Crippen LogP contribution in [0.5, 0.6) is 0 Å². The van der Waals surface area contributed by atoms with Crippen molar-refractivity contribution < 1.29 is 28.7 Å². The topological polar surface area (TPSA) is 116 Å². The number of aryl methyl sites for hydroxylation is 1. The largest absolute Gasteiger partial charge is 0.468 e. The van der Waals surface area contributed by atoms with Crippen molar-refractivity contribution in [1.29, 1.82) is 0 Å². The fourth-order valence-corrected chi connectivity index (χ4v) is 7.30. The molecule has 1 N–H and O–H groups in total. The van der Waals surface area contributed by atoms with Crippen LogP contribution in [0.1, 0.15) is 40.6 Å². The lowest BCUT2D eigenvalue weighted by molar-refractivity contribution is -0.141. The number of thioether (sulfide) groups is 1. The molecule has 4 rings (SSSR count). The first-order valence-corrected chi connectivity index (χ1v) is 15.1. The summed E-state index contributed by atoms with van der Waals surface area (Å²) >= 11 is 9.86. The van der Waals surface area contributed by atoms with E-state index in [4.69, 9.17) is 21.1 Å². The number of hydrogen-bond donors (Lipinski definition) is 1. The molecular formula is C25H26ClN3O6S3. The number of halogens is 1.